The van der Waals surface area contributed by atoms with Crippen molar-refractivity contribution in [3.8, 4) is 0 Å². The van der Waals surface area contributed by atoms with E-state index in [-0.39, 0.29) is 12.5 Å². The van der Waals surface area contributed by atoms with Gasteiger partial charge in [-0.05, 0) is 17.5 Å². The fourth-order valence-electron chi connectivity index (χ4n) is 2.11. The number of aliphatic hydroxyl groups excluding tert-OH is 1. The fraction of sp³-hybridized carbons (Fsp3) is 0.333. The molecule has 3 N–H and O–H groups in total. The van der Waals surface area contributed by atoms with Crippen LogP contribution in [0.15, 0.2) is 28.8 Å². The Labute approximate surface area is 98.3 Å². The van der Waals surface area contributed by atoms with E-state index >= 15 is 0 Å². The van der Waals surface area contributed by atoms with Crippen LogP contribution in [0, 0.1) is 0 Å². The van der Waals surface area contributed by atoms with Crippen LogP contribution >= 0.6 is 0 Å². The molecule has 2 aromatic rings. The van der Waals surface area contributed by atoms with Gasteiger partial charge in [-0.25, -0.2) is 0 Å². The lowest BCUT2D eigenvalue weighted by molar-refractivity contribution is 0.236. The fourth-order valence-corrected chi connectivity index (χ4v) is 2.11. The molecular weight excluding hydrogens is 218 g/mol. The molecule has 0 bridgehead atoms. The molecule has 1 aliphatic rings. The molecule has 2 atom stereocenters. The summed E-state index contributed by atoms with van der Waals surface area (Å²) in [5, 5.41) is 12.8. The van der Waals surface area contributed by atoms with E-state index in [9.17, 15) is 0 Å². The van der Waals surface area contributed by atoms with E-state index in [2.05, 4.69) is 22.3 Å². The smallest absolute Gasteiger partial charge is 0.245 e. The molecule has 0 aliphatic heterocycles. The quantitative estimate of drug-likeness (QED) is 0.814. The molecule has 5 nitrogen and oxygen atoms in total. The van der Waals surface area contributed by atoms with E-state index in [1.807, 2.05) is 12.1 Å². The summed E-state index contributed by atoms with van der Waals surface area (Å²) < 4.78 is 5.04. The van der Waals surface area contributed by atoms with Gasteiger partial charge in [0.25, 0.3) is 0 Å². The number of aromatic nitrogens is 2. The summed E-state index contributed by atoms with van der Waals surface area (Å²) in [5.74, 6) is 1.16. The minimum atomic E-state index is -0.591. The minimum absolute atomic E-state index is 0.192. The first kappa shape index (κ1) is 10.4. The number of nitrogens with two attached hydrogens (primary N) is 1. The Morgan fingerprint density at radius 3 is 3.06 bits per heavy atom. The monoisotopic (exact) mass is 231 g/mol. The normalized spacial score (nSPS) is 19.5. The molecular formula is C12H13N3O2. The lowest BCUT2D eigenvalue weighted by Crippen LogP contribution is -2.20. The molecule has 0 saturated carbocycles. The van der Waals surface area contributed by atoms with E-state index in [1.165, 1.54) is 11.1 Å². The summed E-state index contributed by atoms with van der Waals surface area (Å²) in [5.41, 5.74) is 8.19. The third kappa shape index (κ3) is 1.64. The zero-order chi connectivity index (χ0) is 11.8. The van der Waals surface area contributed by atoms with Gasteiger partial charge in [0, 0.05) is 0 Å². The van der Waals surface area contributed by atoms with Crippen LogP contribution in [-0.4, -0.2) is 21.9 Å². The summed E-state index contributed by atoms with van der Waals surface area (Å²) in [6, 6.07) is 7.62. The van der Waals surface area contributed by atoms with Crippen LogP contribution in [0.2, 0.25) is 0 Å². The van der Waals surface area contributed by atoms with E-state index in [0.29, 0.717) is 11.7 Å². The molecule has 3 rings (SSSR count). The van der Waals surface area contributed by atoms with Crippen molar-refractivity contribution >= 4 is 0 Å². The van der Waals surface area contributed by atoms with Crippen molar-refractivity contribution in [2.24, 2.45) is 5.73 Å². The maximum atomic E-state index is 8.91. The summed E-state index contributed by atoms with van der Waals surface area (Å²) in [4.78, 5) is 4.24. The van der Waals surface area contributed by atoms with Crippen LogP contribution in [0.1, 0.15) is 34.8 Å². The van der Waals surface area contributed by atoms with Crippen LogP contribution in [0.5, 0.6) is 0 Å². The number of fused-ring (bicyclic) bond motifs is 1. The minimum Gasteiger partial charge on any atom is -0.394 e. The van der Waals surface area contributed by atoms with Gasteiger partial charge in [-0.3, -0.25) is 0 Å². The third-order valence-corrected chi connectivity index (χ3v) is 3.14. The van der Waals surface area contributed by atoms with Crippen molar-refractivity contribution in [1.82, 2.24) is 10.1 Å². The highest BCUT2D eigenvalue weighted by Gasteiger charge is 2.31. The van der Waals surface area contributed by atoms with E-state index in [4.69, 9.17) is 15.4 Å². The van der Waals surface area contributed by atoms with Crippen LogP contribution in [0.25, 0.3) is 0 Å². The highest BCUT2D eigenvalue weighted by molar-refractivity contribution is 5.43. The van der Waals surface area contributed by atoms with Gasteiger partial charge in [0.1, 0.15) is 6.04 Å². The summed E-state index contributed by atoms with van der Waals surface area (Å²) in [7, 11) is 0. The third-order valence-electron chi connectivity index (χ3n) is 3.14. The SMILES string of the molecule is N[C@@H](CO)c1nc(C2Cc3ccccc32)no1. The van der Waals surface area contributed by atoms with Crippen LogP contribution in [-0.2, 0) is 6.42 Å². The summed E-state index contributed by atoms with van der Waals surface area (Å²) >= 11 is 0. The van der Waals surface area contributed by atoms with Gasteiger partial charge in [-0.15, -0.1) is 0 Å². The topological polar surface area (TPSA) is 85.2 Å². The number of nitrogens with zero attached hydrogens (tertiary/aromatic N) is 2. The van der Waals surface area contributed by atoms with E-state index in [0.717, 1.165) is 6.42 Å². The second-order valence-corrected chi connectivity index (χ2v) is 4.24. The van der Waals surface area contributed by atoms with Crippen molar-refractivity contribution in [3.05, 3.63) is 47.1 Å². The Morgan fingerprint density at radius 2 is 2.29 bits per heavy atom. The largest absolute Gasteiger partial charge is 0.394 e. The molecule has 1 aromatic carbocycles. The lowest BCUT2D eigenvalue weighted by Gasteiger charge is -2.27. The molecule has 1 aliphatic carbocycles. The van der Waals surface area contributed by atoms with Gasteiger partial charge in [0.15, 0.2) is 5.82 Å². The van der Waals surface area contributed by atoms with Gasteiger partial charge in [0.2, 0.25) is 5.89 Å². The average molecular weight is 231 g/mol. The predicted octanol–water partition coefficient (Wildman–Crippen LogP) is 0.750. The first-order valence-electron chi connectivity index (χ1n) is 5.57. The number of aliphatic hydroxyl groups is 1. The molecule has 5 heteroatoms. The number of hydrogen-bond donors (Lipinski definition) is 2. The van der Waals surface area contributed by atoms with E-state index in [1.54, 1.807) is 0 Å². The first-order chi connectivity index (χ1) is 8.29. The van der Waals surface area contributed by atoms with E-state index < -0.39 is 6.04 Å². The Morgan fingerprint density at radius 1 is 1.47 bits per heavy atom. The zero-order valence-electron chi connectivity index (χ0n) is 9.21. The first-order valence-corrected chi connectivity index (χ1v) is 5.57. The summed E-state index contributed by atoms with van der Waals surface area (Å²) in [6.07, 6.45) is 0.934. The van der Waals surface area contributed by atoms with Gasteiger partial charge in [-0.1, -0.05) is 29.4 Å². The molecule has 1 heterocycles. The molecule has 88 valence electrons. The Balaban J connectivity index is 1.86. The van der Waals surface area contributed by atoms with Crippen molar-refractivity contribution < 1.29 is 9.63 Å². The van der Waals surface area contributed by atoms with Crippen LogP contribution in [0.3, 0.4) is 0 Å². The maximum Gasteiger partial charge on any atom is 0.245 e. The number of hydrogen-bond acceptors (Lipinski definition) is 5. The Hall–Kier alpha value is -1.72. The van der Waals surface area contributed by atoms with Crippen LogP contribution < -0.4 is 5.73 Å². The average Bonchev–Trinajstić information content (AvgIpc) is 2.79. The highest BCUT2D eigenvalue weighted by atomic mass is 16.5. The maximum absolute atomic E-state index is 8.91. The Bertz CT molecular complexity index is 538. The molecule has 1 unspecified atom stereocenters. The van der Waals surface area contributed by atoms with Crippen molar-refractivity contribution in [1.29, 1.82) is 0 Å². The molecule has 0 amide bonds. The van der Waals surface area contributed by atoms with Gasteiger partial charge in [0.05, 0.1) is 12.5 Å². The molecule has 0 radical (unpaired) electrons. The zero-order valence-corrected chi connectivity index (χ0v) is 9.21. The van der Waals surface area contributed by atoms with Gasteiger partial charge >= 0.3 is 0 Å². The molecule has 17 heavy (non-hydrogen) atoms. The summed E-state index contributed by atoms with van der Waals surface area (Å²) in [6.45, 7) is -0.192. The van der Waals surface area contributed by atoms with Gasteiger partial charge < -0.3 is 15.4 Å². The van der Waals surface area contributed by atoms with Crippen molar-refractivity contribution in [3.63, 3.8) is 0 Å². The number of benzene rings is 1. The van der Waals surface area contributed by atoms with Gasteiger partial charge in [-0.2, -0.15) is 4.98 Å². The standard InChI is InChI=1S/C12H13N3O2/c13-10(6-16)12-14-11(15-17-12)9-5-7-3-1-2-4-8(7)9/h1-4,9-10,16H,5-6,13H2/t9?,10-/m0/s1. The Kier molecular flexibility index (Phi) is 2.42. The second kappa shape index (κ2) is 3.94. The molecule has 0 fully saturated rings. The van der Waals surface area contributed by atoms with Crippen molar-refractivity contribution in [2.45, 2.75) is 18.4 Å². The molecule has 0 saturated heterocycles. The molecule has 1 aromatic heterocycles. The molecule has 0 spiro atoms. The second-order valence-electron chi connectivity index (χ2n) is 4.24. The predicted molar refractivity (Wildman–Crippen MR) is 60.3 cm³/mol. The number of rotatable bonds is 3. The lowest BCUT2D eigenvalue weighted by atomic mass is 9.77. The highest BCUT2D eigenvalue weighted by Crippen LogP contribution is 2.38. The van der Waals surface area contributed by atoms with Crippen LogP contribution in [0.4, 0.5) is 0 Å². The van der Waals surface area contributed by atoms with Crippen molar-refractivity contribution in [2.75, 3.05) is 6.61 Å².